The highest BCUT2D eigenvalue weighted by atomic mass is 19.3. The zero-order valence-electron chi connectivity index (χ0n) is 9.86. The SMILES string of the molecule is N/C(=N/O)c1ccc(C(=O)NCC(F)(F)C(F)F)nc1. The second-order valence-electron chi connectivity index (χ2n) is 3.66. The van der Waals surface area contributed by atoms with Crippen molar-refractivity contribution >= 4 is 11.7 Å². The van der Waals surface area contributed by atoms with Crippen LogP contribution in [0.25, 0.3) is 0 Å². The summed E-state index contributed by atoms with van der Waals surface area (Å²) < 4.78 is 48.9. The molecule has 0 aliphatic rings. The molecule has 0 bridgehead atoms. The summed E-state index contributed by atoms with van der Waals surface area (Å²) in [5, 5.41) is 12.7. The number of aromatic nitrogens is 1. The molecule has 4 N–H and O–H groups in total. The first kappa shape index (κ1) is 15.7. The molecule has 0 atom stereocenters. The molecule has 20 heavy (non-hydrogen) atoms. The fourth-order valence-corrected chi connectivity index (χ4v) is 1.10. The largest absolute Gasteiger partial charge is 0.409 e. The van der Waals surface area contributed by atoms with Crippen molar-refractivity contribution in [1.82, 2.24) is 10.3 Å². The van der Waals surface area contributed by atoms with E-state index in [1.165, 1.54) is 6.07 Å². The molecule has 6 nitrogen and oxygen atoms in total. The van der Waals surface area contributed by atoms with Crippen LogP contribution in [0.2, 0.25) is 0 Å². The molecule has 1 aromatic heterocycles. The fourth-order valence-electron chi connectivity index (χ4n) is 1.10. The van der Waals surface area contributed by atoms with Crippen LogP contribution in [0.3, 0.4) is 0 Å². The highest BCUT2D eigenvalue weighted by molar-refractivity contribution is 5.98. The Bertz CT molecular complexity index is 504. The van der Waals surface area contributed by atoms with Gasteiger partial charge in [-0.15, -0.1) is 0 Å². The molecular weight excluding hydrogens is 284 g/mol. The van der Waals surface area contributed by atoms with Gasteiger partial charge in [0.05, 0.1) is 6.54 Å². The third-order valence-corrected chi connectivity index (χ3v) is 2.20. The minimum absolute atomic E-state index is 0.196. The number of carbonyl (C=O) groups excluding carboxylic acids is 1. The van der Waals surface area contributed by atoms with Crippen molar-refractivity contribution in [2.45, 2.75) is 12.3 Å². The van der Waals surface area contributed by atoms with Gasteiger partial charge in [-0.3, -0.25) is 9.78 Å². The number of nitrogens with two attached hydrogens (primary N) is 1. The Morgan fingerprint density at radius 1 is 1.50 bits per heavy atom. The number of hydrogen-bond donors (Lipinski definition) is 3. The van der Waals surface area contributed by atoms with Gasteiger partial charge in [-0.25, -0.2) is 8.78 Å². The lowest BCUT2D eigenvalue weighted by Crippen LogP contribution is -2.41. The summed E-state index contributed by atoms with van der Waals surface area (Å²) in [4.78, 5) is 15.0. The van der Waals surface area contributed by atoms with E-state index in [2.05, 4.69) is 10.1 Å². The van der Waals surface area contributed by atoms with Crippen molar-refractivity contribution in [1.29, 1.82) is 0 Å². The highest BCUT2D eigenvalue weighted by Gasteiger charge is 2.40. The molecule has 10 heteroatoms. The van der Waals surface area contributed by atoms with Crippen molar-refractivity contribution < 1.29 is 27.6 Å². The van der Waals surface area contributed by atoms with Gasteiger partial charge in [0.1, 0.15) is 5.69 Å². The molecule has 0 aliphatic carbocycles. The Labute approximate surface area is 110 Å². The number of nitrogens with zero attached hydrogens (tertiary/aromatic N) is 2. The van der Waals surface area contributed by atoms with Crippen LogP contribution in [-0.2, 0) is 0 Å². The van der Waals surface area contributed by atoms with E-state index in [9.17, 15) is 22.4 Å². The molecule has 1 amide bonds. The van der Waals surface area contributed by atoms with Gasteiger partial charge >= 0.3 is 12.3 Å². The van der Waals surface area contributed by atoms with Crippen LogP contribution in [0.1, 0.15) is 16.1 Å². The van der Waals surface area contributed by atoms with E-state index in [4.69, 9.17) is 10.9 Å². The molecule has 1 rings (SSSR count). The van der Waals surface area contributed by atoms with Gasteiger partial charge in [-0.2, -0.15) is 8.78 Å². The number of hydrogen-bond acceptors (Lipinski definition) is 4. The van der Waals surface area contributed by atoms with E-state index < -0.39 is 24.8 Å². The number of nitrogens with one attached hydrogen (secondary N) is 1. The van der Waals surface area contributed by atoms with E-state index in [0.29, 0.717) is 0 Å². The predicted molar refractivity (Wildman–Crippen MR) is 60.0 cm³/mol. The van der Waals surface area contributed by atoms with E-state index in [1.807, 2.05) is 0 Å². The molecule has 0 unspecified atom stereocenters. The molecule has 0 radical (unpaired) electrons. The van der Waals surface area contributed by atoms with Crippen LogP contribution in [0, 0.1) is 0 Å². The van der Waals surface area contributed by atoms with Crippen LogP contribution < -0.4 is 11.1 Å². The topological polar surface area (TPSA) is 101 Å². The summed E-state index contributed by atoms with van der Waals surface area (Å²) in [5.74, 6) is -5.62. The average Bonchev–Trinajstić information content (AvgIpc) is 2.44. The van der Waals surface area contributed by atoms with E-state index in [1.54, 1.807) is 5.32 Å². The van der Waals surface area contributed by atoms with Gasteiger partial charge in [-0.05, 0) is 12.1 Å². The Kier molecular flexibility index (Phi) is 4.83. The fraction of sp³-hybridized carbons (Fsp3) is 0.300. The molecule has 0 spiro atoms. The smallest absolute Gasteiger partial charge is 0.324 e. The van der Waals surface area contributed by atoms with Crippen molar-refractivity contribution in [3.05, 3.63) is 29.6 Å². The van der Waals surface area contributed by atoms with Crippen LogP contribution in [-0.4, -0.2) is 40.8 Å². The number of carbonyl (C=O) groups is 1. The maximum atomic E-state index is 12.6. The van der Waals surface area contributed by atoms with Gasteiger partial charge < -0.3 is 16.3 Å². The monoisotopic (exact) mass is 294 g/mol. The first-order chi connectivity index (χ1) is 9.27. The summed E-state index contributed by atoms with van der Waals surface area (Å²) in [6, 6.07) is 2.37. The van der Waals surface area contributed by atoms with Gasteiger partial charge in [0, 0.05) is 11.8 Å². The summed E-state index contributed by atoms with van der Waals surface area (Å²) >= 11 is 0. The Hall–Kier alpha value is -2.39. The number of amidine groups is 1. The van der Waals surface area contributed by atoms with Crippen LogP contribution in [0.5, 0.6) is 0 Å². The van der Waals surface area contributed by atoms with Gasteiger partial charge in [0.2, 0.25) is 0 Å². The second-order valence-corrected chi connectivity index (χ2v) is 3.66. The van der Waals surface area contributed by atoms with Gasteiger partial charge in [0.15, 0.2) is 5.84 Å². The molecule has 0 aromatic carbocycles. The van der Waals surface area contributed by atoms with Crippen molar-refractivity contribution in [2.75, 3.05) is 6.54 Å². The van der Waals surface area contributed by atoms with Gasteiger partial charge in [-0.1, -0.05) is 5.16 Å². The second kappa shape index (κ2) is 6.17. The third-order valence-electron chi connectivity index (χ3n) is 2.20. The molecule has 0 saturated carbocycles. The number of oxime groups is 1. The molecule has 0 fully saturated rings. The number of amides is 1. The molecular formula is C10H10F4N4O2. The summed E-state index contributed by atoms with van der Waals surface area (Å²) in [7, 11) is 0. The lowest BCUT2D eigenvalue weighted by Gasteiger charge is -2.15. The predicted octanol–water partition coefficient (Wildman–Crippen LogP) is 0.806. The maximum Gasteiger partial charge on any atom is 0.324 e. The maximum absolute atomic E-state index is 12.6. The van der Waals surface area contributed by atoms with E-state index >= 15 is 0 Å². The molecule has 1 aromatic rings. The minimum atomic E-state index is -4.32. The standard InChI is InChI=1S/C10H10F4N4O2/c11-9(12)10(13,14)4-17-8(19)6-2-1-5(3-16-6)7(15)18-20/h1-3,9,20H,4H2,(H2,15,18)(H,17,19). The average molecular weight is 294 g/mol. The van der Waals surface area contributed by atoms with E-state index in [-0.39, 0.29) is 17.1 Å². The van der Waals surface area contributed by atoms with Gasteiger partial charge in [0.25, 0.3) is 5.91 Å². The van der Waals surface area contributed by atoms with Crippen LogP contribution in [0.15, 0.2) is 23.5 Å². The van der Waals surface area contributed by atoms with Crippen molar-refractivity contribution in [3.8, 4) is 0 Å². The zero-order chi connectivity index (χ0) is 15.3. The quantitative estimate of drug-likeness (QED) is 0.246. The Morgan fingerprint density at radius 2 is 2.15 bits per heavy atom. The van der Waals surface area contributed by atoms with Crippen molar-refractivity contribution in [2.24, 2.45) is 10.9 Å². The molecule has 0 saturated heterocycles. The normalized spacial score (nSPS) is 12.6. The first-order valence-electron chi connectivity index (χ1n) is 5.16. The highest BCUT2D eigenvalue weighted by Crippen LogP contribution is 2.21. The van der Waals surface area contributed by atoms with Crippen LogP contribution >= 0.6 is 0 Å². The number of pyridine rings is 1. The molecule has 110 valence electrons. The first-order valence-corrected chi connectivity index (χ1v) is 5.16. The number of rotatable bonds is 5. The number of halogens is 4. The van der Waals surface area contributed by atoms with Crippen LogP contribution in [0.4, 0.5) is 17.6 Å². The molecule has 1 heterocycles. The lowest BCUT2D eigenvalue weighted by atomic mass is 10.2. The Morgan fingerprint density at radius 3 is 2.60 bits per heavy atom. The zero-order valence-corrected chi connectivity index (χ0v) is 9.86. The number of alkyl halides is 4. The van der Waals surface area contributed by atoms with E-state index in [0.717, 1.165) is 12.3 Å². The minimum Gasteiger partial charge on any atom is -0.409 e. The Balaban J connectivity index is 2.70. The summed E-state index contributed by atoms with van der Waals surface area (Å²) in [5.41, 5.74) is 5.17. The third kappa shape index (κ3) is 3.80. The lowest BCUT2D eigenvalue weighted by molar-refractivity contribution is -0.123. The summed E-state index contributed by atoms with van der Waals surface area (Å²) in [6.45, 7) is -1.51. The molecule has 0 aliphatic heterocycles. The van der Waals surface area contributed by atoms with Crippen molar-refractivity contribution in [3.63, 3.8) is 0 Å². The summed E-state index contributed by atoms with van der Waals surface area (Å²) in [6.07, 6.45) is -2.81.